The zero-order valence-electron chi connectivity index (χ0n) is 10.6. The maximum absolute atomic E-state index is 9.26. The van der Waals surface area contributed by atoms with E-state index in [4.69, 9.17) is 9.47 Å². The predicted molar refractivity (Wildman–Crippen MR) is 69.6 cm³/mol. The fourth-order valence-corrected chi connectivity index (χ4v) is 2.17. The van der Waals surface area contributed by atoms with E-state index in [0.717, 1.165) is 37.5 Å². The lowest BCUT2D eigenvalue weighted by Crippen LogP contribution is -2.32. The van der Waals surface area contributed by atoms with E-state index in [0.29, 0.717) is 5.92 Å². The molecule has 0 saturated carbocycles. The Kier molecular flexibility index (Phi) is 4.43. The van der Waals surface area contributed by atoms with Crippen molar-refractivity contribution in [3.8, 4) is 11.8 Å². The van der Waals surface area contributed by atoms with Crippen molar-refractivity contribution in [1.82, 2.24) is 0 Å². The summed E-state index contributed by atoms with van der Waals surface area (Å²) in [6.07, 6.45) is 1.89. The molecule has 0 bridgehead atoms. The molecule has 0 radical (unpaired) electrons. The van der Waals surface area contributed by atoms with E-state index in [1.54, 1.807) is 7.11 Å². The SMILES string of the molecule is COc1ccc(NC(C#N)C2CCOCC2)cc1. The maximum atomic E-state index is 9.26. The Morgan fingerprint density at radius 3 is 2.56 bits per heavy atom. The monoisotopic (exact) mass is 246 g/mol. The van der Waals surface area contributed by atoms with Gasteiger partial charge in [-0.05, 0) is 43.0 Å². The van der Waals surface area contributed by atoms with Gasteiger partial charge in [-0.25, -0.2) is 0 Å². The molecule has 0 spiro atoms. The molecule has 1 aromatic rings. The highest BCUT2D eigenvalue weighted by Gasteiger charge is 2.23. The molecule has 1 aliphatic heterocycles. The molecule has 1 fully saturated rings. The molecule has 1 unspecified atom stereocenters. The van der Waals surface area contributed by atoms with Crippen LogP contribution in [0.2, 0.25) is 0 Å². The molecule has 0 aliphatic carbocycles. The van der Waals surface area contributed by atoms with Crippen LogP contribution in [0.25, 0.3) is 0 Å². The number of rotatable bonds is 4. The number of hydrogen-bond acceptors (Lipinski definition) is 4. The number of nitriles is 1. The third-order valence-electron chi connectivity index (χ3n) is 3.29. The first-order chi connectivity index (χ1) is 8.83. The number of benzene rings is 1. The van der Waals surface area contributed by atoms with Gasteiger partial charge in [-0.3, -0.25) is 0 Å². The third kappa shape index (κ3) is 3.14. The summed E-state index contributed by atoms with van der Waals surface area (Å²) in [5.74, 6) is 1.19. The topological polar surface area (TPSA) is 54.3 Å². The molecule has 1 aliphatic rings. The van der Waals surface area contributed by atoms with Crippen LogP contribution in [0, 0.1) is 17.2 Å². The molecule has 4 nitrogen and oxygen atoms in total. The maximum Gasteiger partial charge on any atom is 0.119 e. The van der Waals surface area contributed by atoms with Crippen molar-refractivity contribution in [3.05, 3.63) is 24.3 Å². The van der Waals surface area contributed by atoms with Crippen LogP contribution in [-0.4, -0.2) is 26.4 Å². The molecule has 1 heterocycles. The molecule has 0 aromatic heterocycles. The Bertz CT molecular complexity index is 405. The Morgan fingerprint density at radius 1 is 1.33 bits per heavy atom. The van der Waals surface area contributed by atoms with E-state index in [-0.39, 0.29) is 6.04 Å². The van der Waals surface area contributed by atoms with Gasteiger partial charge >= 0.3 is 0 Å². The normalized spacial score (nSPS) is 17.8. The van der Waals surface area contributed by atoms with E-state index in [9.17, 15) is 5.26 Å². The highest BCUT2D eigenvalue weighted by atomic mass is 16.5. The molecule has 2 rings (SSSR count). The summed E-state index contributed by atoms with van der Waals surface area (Å²) in [6.45, 7) is 1.51. The second kappa shape index (κ2) is 6.27. The second-order valence-electron chi connectivity index (χ2n) is 4.43. The summed E-state index contributed by atoms with van der Waals surface area (Å²) >= 11 is 0. The van der Waals surface area contributed by atoms with Crippen LogP contribution in [0.4, 0.5) is 5.69 Å². The van der Waals surface area contributed by atoms with Crippen LogP contribution in [-0.2, 0) is 4.74 Å². The van der Waals surface area contributed by atoms with Gasteiger partial charge in [0, 0.05) is 18.9 Å². The van der Waals surface area contributed by atoms with E-state index in [2.05, 4.69) is 11.4 Å². The zero-order chi connectivity index (χ0) is 12.8. The van der Waals surface area contributed by atoms with Crippen molar-refractivity contribution >= 4 is 5.69 Å². The number of methoxy groups -OCH3 is 1. The van der Waals surface area contributed by atoms with Gasteiger partial charge in [-0.2, -0.15) is 5.26 Å². The first kappa shape index (κ1) is 12.7. The first-order valence-corrected chi connectivity index (χ1v) is 6.21. The molecule has 18 heavy (non-hydrogen) atoms. The lowest BCUT2D eigenvalue weighted by atomic mass is 9.92. The highest BCUT2D eigenvalue weighted by Crippen LogP contribution is 2.23. The fraction of sp³-hybridized carbons (Fsp3) is 0.500. The minimum atomic E-state index is -0.151. The predicted octanol–water partition coefficient (Wildman–Crippen LogP) is 2.43. The molecular weight excluding hydrogens is 228 g/mol. The second-order valence-corrected chi connectivity index (χ2v) is 4.43. The standard InChI is InChI=1S/C14H18N2O2/c1-17-13-4-2-12(3-5-13)16-14(10-15)11-6-8-18-9-7-11/h2-5,11,14,16H,6-9H2,1H3. The third-order valence-corrected chi connectivity index (χ3v) is 3.29. The van der Waals surface area contributed by atoms with Gasteiger partial charge in [-0.15, -0.1) is 0 Å². The fourth-order valence-electron chi connectivity index (χ4n) is 2.17. The molecule has 1 N–H and O–H groups in total. The largest absolute Gasteiger partial charge is 0.497 e. The van der Waals surface area contributed by atoms with Crippen molar-refractivity contribution in [2.24, 2.45) is 5.92 Å². The smallest absolute Gasteiger partial charge is 0.119 e. The van der Waals surface area contributed by atoms with Crippen molar-refractivity contribution in [2.75, 3.05) is 25.6 Å². The summed E-state index contributed by atoms with van der Waals surface area (Å²) in [6, 6.07) is 9.85. The van der Waals surface area contributed by atoms with Crippen LogP contribution in [0.1, 0.15) is 12.8 Å². The molecule has 1 atom stereocenters. The van der Waals surface area contributed by atoms with Crippen molar-refractivity contribution in [2.45, 2.75) is 18.9 Å². The van der Waals surface area contributed by atoms with Gasteiger partial charge in [0.15, 0.2) is 0 Å². The number of nitrogens with zero attached hydrogens (tertiary/aromatic N) is 1. The zero-order valence-corrected chi connectivity index (χ0v) is 10.6. The molecule has 4 heteroatoms. The average Bonchev–Trinajstić information content (AvgIpc) is 2.46. The number of ether oxygens (including phenoxy) is 2. The van der Waals surface area contributed by atoms with E-state index in [1.807, 2.05) is 24.3 Å². The Morgan fingerprint density at radius 2 is 2.00 bits per heavy atom. The van der Waals surface area contributed by atoms with Gasteiger partial charge in [0.2, 0.25) is 0 Å². The van der Waals surface area contributed by atoms with Gasteiger partial charge in [0.25, 0.3) is 0 Å². The lowest BCUT2D eigenvalue weighted by Gasteiger charge is -2.27. The minimum absolute atomic E-state index is 0.151. The van der Waals surface area contributed by atoms with E-state index in [1.165, 1.54) is 0 Å². The van der Waals surface area contributed by atoms with Gasteiger partial charge < -0.3 is 14.8 Å². The summed E-state index contributed by atoms with van der Waals surface area (Å²) in [7, 11) is 1.64. The van der Waals surface area contributed by atoms with Gasteiger partial charge in [0.1, 0.15) is 11.8 Å². The number of anilines is 1. The van der Waals surface area contributed by atoms with Crippen molar-refractivity contribution in [1.29, 1.82) is 5.26 Å². The quantitative estimate of drug-likeness (QED) is 0.886. The van der Waals surface area contributed by atoms with Crippen molar-refractivity contribution < 1.29 is 9.47 Å². The lowest BCUT2D eigenvalue weighted by molar-refractivity contribution is 0.0651. The summed E-state index contributed by atoms with van der Waals surface area (Å²) in [4.78, 5) is 0. The van der Waals surface area contributed by atoms with Gasteiger partial charge in [-0.1, -0.05) is 0 Å². The number of nitrogens with one attached hydrogen (secondary N) is 1. The Hall–Kier alpha value is -1.73. The van der Waals surface area contributed by atoms with Crippen molar-refractivity contribution in [3.63, 3.8) is 0 Å². The van der Waals surface area contributed by atoms with Gasteiger partial charge in [0.05, 0.1) is 13.2 Å². The van der Waals surface area contributed by atoms with E-state index >= 15 is 0 Å². The van der Waals surface area contributed by atoms with Crippen LogP contribution >= 0.6 is 0 Å². The Balaban J connectivity index is 1.98. The van der Waals surface area contributed by atoms with E-state index < -0.39 is 0 Å². The molecular formula is C14H18N2O2. The summed E-state index contributed by atoms with van der Waals surface area (Å²) in [5.41, 5.74) is 0.953. The minimum Gasteiger partial charge on any atom is -0.497 e. The van der Waals surface area contributed by atoms with Crippen LogP contribution in [0.3, 0.4) is 0 Å². The van der Waals surface area contributed by atoms with Crippen LogP contribution in [0.5, 0.6) is 5.75 Å². The highest BCUT2D eigenvalue weighted by molar-refractivity contribution is 5.48. The average molecular weight is 246 g/mol. The first-order valence-electron chi connectivity index (χ1n) is 6.21. The number of hydrogen-bond donors (Lipinski definition) is 1. The Labute approximate surface area is 108 Å². The molecule has 0 amide bonds. The summed E-state index contributed by atoms with van der Waals surface area (Å²) in [5, 5.41) is 12.5. The molecule has 96 valence electrons. The van der Waals surface area contributed by atoms with Crippen LogP contribution in [0.15, 0.2) is 24.3 Å². The molecule has 1 saturated heterocycles. The summed E-state index contributed by atoms with van der Waals surface area (Å²) < 4.78 is 10.4. The molecule has 1 aromatic carbocycles. The van der Waals surface area contributed by atoms with Crippen LogP contribution < -0.4 is 10.1 Å².